The standard InChI is InChI=1S/C13H20N4O3/c1-20-7-4-14-11-8-12(16-9-15-11)17-5-2-10(3-6-17)13(18)19/h8-10H,2-7H2,1H3,(H,18,19)(H,14,15,16). The van der Waals surface area contributed by atoms with Crippen LogP contribution in [-0.2, 0) is 9.53 Å². The first-order valence-corrected chi connectivity index (χ1v) is 6.73. The van der Waals surface area contributed by atoms with Gasteiger partial charge in [0.25, 0.3) is 0 Å². The molecular formula is C13H20N4O3. The molecule has 0 spiro atoms. The van der Waals surface area contributed by atoms with E-state index in [0.29, 0.717) is 39.1 Å². The van der Waals surface area contributed by atoms with Crippen molar-refractivity contribution in [3.8, 4) is 0 Å². The summed E-state index contributed by atoms with van der Waals surface area (Å²) in [6.45, 7) is 2.73. The maximum Gasteiger partial charge on any atom is 0.306 e. The molecule has 7 heteroatoms. The Hall–Kier alpha value is -1.89. The third kappa shape index (κ3) is 3.80. The molecule has 1 aliphatic rings. The molecule has 2 rings (SSSR count). The summed E-state index contributed by atoms with van der Waals surface area (Å²) in [6.07, 6.45) is 2.84. The lowest BCUT2D eigenvalue weighted by atomic mass is 9.97. The average molecular weight is 280 g/mol. The number of ether oxygens (including phenoxy) is 1. The molecule has 1 fully saturated rings. The molecule has 0 atom stereocenters. The van der Waals surface area contributed by atoms with Gasteiger partial charge in [-0.05, 0) is 12.8 Å². The average Bonchev–Trinajstić information content (AvgIpc) is 2.48. The van der Waals surface area contributed by atoms with Crippen molar-refractivity contribution in [1.82, 2.24) is 9.97 Å². The molecule has 1 aliphatic heterocycles. The Kier molecular flexibility index (Phi) is 5.11. The molecule has 1 aromatic heterocycles. The number of hydrogen-bond donors (Lipinski definition) is 2. The normalized spacial score (nSPS) is 16.1. The number of nitrogens with one attached hydrogen (secondary N) is 1. The SMILES string of the molecule is COCCNc1cc(N2CCC(C(=O)O)CC2)ncn1. The Morgan fingerprint density at radius 1 is 1.50 bits per heavy atom. The molecule has 0 bridgehead atoms. The number of piperidine rings is 1. The van der Waals surface area contributed by atoms with Gasteiger partial charge in [-0.15, -0.1) is 0 Å². The number of anilines is 2. The van der Waals surface area contributed by atoms with Gasteiger partial charge in [-0.1, -0.05) is 0 Å². The lowest BCUT2D eigenvalue weighted by Gasteiger charge is -2.31. The van der Waals surface area contributed by atoms with Crippen molar-refractivity contribution in [1.29, 1.82) is 0 Å². The van der Waals surface area contributed by atoms with E-state index in [1.807, 2.05) is 6.07 Å². The summed E-state index contributed by atoms with van der Waals surface area (Å²) in [4.78, 5) is 21.4. The smallest absolute Gasteiger partial charge is 0.306 e. The van der Waals surface area contributed by atoms with Crippen LogP contribution in [0.4, 0.5) is 11.6 Å². The maximum absolute atomic E-state index is 10.9. The van der Waals surface area contributed by atoms with Gasteiger partial charge in [0.15, 0.2) is 0 Å². The van der Waals surface area contributed by atoms with Crippen molar-refractivity contribution in [3.05, 3.63) is 12.4 Å². The van der Waals surface area contributed by atoms with Gasteiger partial charge in [-0.25, -0.2) is 9.97 Å². The summed E-state index contributed by atoms with van der Waals surface area (Å²) in [7, 11) is 1.65. The lowest BCUT2D eigenvalue weighted by Crippen LogP contribution is -2.36. The Labute approximate surface area is 118 Å². The molecule has 1 saturated heterocycles. The quantitative estimate of drug-likeness (QED) is 0.746. The molecule has 2 heterocycles. The minimum absolute atomic E-state index is 0.229. The monoisotopic (exact) mass is 280 g/mol. The number of rotatable bonds is 6. The summed E-state index contributed by atoms with van der Waals surface area (Å²) >= 11 is 0. The van der Waals surface area contributed by atoms with E-state index in [1.165, 1.54) is 6.33 Å². The number of carbonyl (C=O) groups is 1. The van der Waals surface area contributed by atoms with Gasteiger partial charge in [0.1, 0.15) is 18.0 Å². The van der Waals surface area contributed by atoms with Crippen molar-refractivity contribution in [2.24, 2.45) is 5.92 Å². The molecule has 0 unspecified atom stereocenters. The van der Waals surface area contributed by atoms with Gasteiger partial charge in [0, 0.05) is 32.8 Å². The lowest BCUT2D eigenvalue weighted by molar-refractivity contribution is -0.142. The summed E-state index contributed by atoms with van der Waals surface area (Å²) < 4.78 is 4.97. The number of hydrogen-bond acceptors (Lipinski definition) is 6. The second-order valence-corrected chi connectivity index (χ2v) is 4.78. The van der Waals surface area contributed by atoms with Gasteiger partial charge in [-0.2, -0.15) is 0 Å². The van der Waals surface area contributed by atoms with Crippen LogP contribution < -0.4 is 10.2 Å². The fourth-order valence-corrected chi connectivity index (χ4v) is 2.25. The molecule has 1 aromatic rings. The molecule has 0 saturated carbocycles. The molecule has 0 radical (unpaired) electrons. The minimum Gasteiger partial charge on any atom is -0.481 e. The van der Waals surface area contributed by atoms with Crippen LogP contribution in [0.2, 0.25) is 0 Å². The molecule has 20 heavy (non-hydrogen) atoms. The first-order chi connectivity index (χ1) is 9.70. The van der Waals surface area contributed by atoms with Crippen molar-refractivity contribution in [3.63, 3.8) is 0 Å². The van der Waals surface area contributed by atoms with E-state index in [9.17, 15) is 4.79 Å². The van der Waals surface area contributed by atoms with E-state index >= 15 is 0 Å². The number of aliphatic carboxylic acids is 1. The van der Waals surface area contributed by atoms with E-state index in [2.05, 4.69) is 20.2 Å². The van der Waals surface area contributed by atoms with Gasteiger partial charge < -0.3 is 20.1 Å². The van der Waals surface area contributed by atoms with Crippen LogP contribution in [0.1, 0.15) is 12.8 Å². The van der Waals surface area contributed by atoms with Crippen LogP contribution in [0.25, 0.3) is 0 Å². The zero-order valence-electron chi connectivity index (χ0n) is 11.6. The van der Waals surface area contributed by atoms with Crippen LogP contribution in [0, 0.1) is 5.92 Å². The van der Waals surface area contributed by atoms with Crippen LogP contribution in [0.3, 0.4) is 0 Å². The first-order valence-electron chi connectivity index (χ1n) is 6.73. The third-order valence-corrected chi connectivity index (χ3v) is 3.43. The highest BCUT2D eigenvalue weighted by atomic mass is 16.5. The van der Waals surface area contributed by atoms with Crippen molar-refractivity contribution >= 4 is 17.6 Å². The van der Waals surface area contributed by atoms with Crippen LogP contribution in [0.15, 0.2) is 12.4 Å². The zero-order chi connectivity index (χ0) is 14.4. The number of carboxylic acids is 1. The number of methoxy groups -OCH3 is 1. The summed E-state index contributed by atoms with van der Waals surface area (Å²) in [5, 5.41) is 12.1. The number of nitrogens with zero attached hydrogens (tertiary/aromatic N) is 3. The topological polar surface area (TPSA) is 87.6 Å². The van der Waals surface area contributed by atoms with Crippen molar-refractivity contribution in [2.75, 3.05) is 43.6 Å². The van der Waals surface area contributed by atoms with Crippen molar-refractivity contribution < 1.29 is 14.6 Å². The van der Waals surface area contributed by atoms with Gasteiger partial charge in [-0.3, -0.25) is 4.79 Å². The predicted molar refractivity (Wildman–Crippen MR) is 75.0 cm³/mol. The van der Waals surface area contributed by atoms with E-state index < -0.39 is 5.97 Å². The number of carboxylic acid groups (broad SMARTS) is 1. The maximum atomic E-state index is 10.9. The first kappa shape index (κ1) is 14.5. The highest BCUT2D eigenvalue weighted by Crippen LogP contribution is 2.22. The van der Waals surface area contributed by atoms with Crippen LogP contribution in [0.5, 0.6) is 0 Å². The summed E-state index contributed by atoms with van der Waals surface area (Å²) in [5.41, 5.74) is 0. The third-order valence-electron chi connectivity index (χ3n) is 3.43. The Morgan fingerprint density at radius 2 is 2.25 bits per heavy atom. The predicted octanol–water partition coefficient (Wildman–Crippen LogP) is 0.836. The fourth-order valence-electron chi connectivity index (χ4n) is 2.25. The summed E-state index contributed by atoms with van der Waals surface area (Å²) in [6, 6.07) is 1.89. The second-order valence-electron chi connectivity index (χ2n) is 4.78. The van der Waals surface area contributed by atoms with Crippen molar-refractivity contribution in [2.45, 2.75) is 12.8 Å². The van der Waals surface area contributed by atoms with E-state index in [1.54, 1.807) is 7.11 Å². The Bertz CT molecular complexity index is 447. The number of aromatic nitrogens is 2. The van der Waals surface area contributed by atoms with E-state index in [4.69, 9.17) is 9.84 Å². The van der Waals surface area contributed by atoms with Gasteiger partial charge in [0.05, 0.1) is 12.5 Å². The molecule has 0 aliphatic carbocycles. The van der Waals surface area contributed by atoms with Crippen LogP contribution in [-0.4, -0.2) is 54.4 Å². The largest absolute Gasteiger partial charge is 0.481 e. The molecule has 0 aromatic carbocycles. The minimum atomic E-state index is -0.700. The molecule has 110 valence electrons. The molecule has 2 N–H and O–H groups in total. The summed E-state index contributed by atoms with van der Waals surface area (Å²) in [5.74, 6) is 0.665. The molecule has 0 amide bonds. The van der Waals surface area contributed by atoms with Gasteiger partial charge >= 0.3 is 5.97 Å². The Morgan fingerprint density at radius 3 is 2.90 bits per heavy atom. The van der Waals surface area contributed by atoms with E-state index in [-0.39, 0.29) is 5.92 Å². The Balaban J connectivity index is 1.92. The molecular weight excluding hydrogens is 260 g/mol. The zero-order valence-corrected chi connectivity index (χ0v) is 11.6. The van der Waals surface area contributed by atoms with E-state index in [0.717, 1.165) is 11.6 Å². The fraction of sp³-hybridized carbons (Fsp3) is 0.615. The van der Waals surface area contributed by atoms with Gasteiger partial charge in [0.2, 0.25) is 0 Å². The molecule has 7 nitrogen and oxygen atoms in total. The highest BCUT2D eigenvalue weighted by Gasteiger charge is 2.25. The second kappa shape index (κ2) is 7.04. The highest BCUT2D eigenvalue weighted by molar-refractivity contribution is 5.70. The van der Waals surface area contributed by atoms with Crippen LogP contribution >= 0.6 is 0 Å².